The van der Waals surface area contributed by atoms with Gasteiger partial charge in [-0.2, -0.15) is 0 Å². The van der Waals surface area contributed by atoms with E-state index in [0.717, 1.165) is 13.1 Å². The van der Waals surface area contributed by atoms with Gasteiger partial charge in [-0.05, 0) is 12.3 Å². The molecule has 0 saturated carbocycles. The van der Waals surface area contributed by atoms with E-state index in [0.29, 0.717) is 12.3 Å². The van der Waals surface area contributed by atoms with Crippen LogP contribution in [0.25, 0.3) is 0 Å². The molecule has 76 valence electrons. The van der Waals surface area contributed by atoms with Gasteiger partial charge in [0.05, 0.1) is 0 Å². The molecule has 0 spiro atoms. The second kappa shape index (κ2) is 4.07. The first-order chi connectivity index (χ1) is 6.00. The lowest BCUT2D eigenvalue weighted by molar-refractivity contribution is -0.142. The Labute approximate surface area is 78.7 Å². The van der Waals surface area contributed by atoms with Crippen LogP contribution in [0.4, 0.5) is 0 Å². The molecule has 3 N–H and O–H groups in total. The third kappa shape index (κ3) is 2.67. The first-order valence-electron chi connectivity index (χ1n) is 4.73. The number of nitrogens with two attached hydrogens (primary N) is 1. The molecule has 1 rings (SSSR count). The molecule has 0 aromatic rings. The highest BCUT2D eigenvalue weighted by atomic mass is 16.4. The Morgan fingerprint density at radius 3 is 2.77 bits per heavy atom. The van der Waals surface area contributed by atoms with Gasteiger partial charge >= 0.3 is 5.97 Å². The van der Waals surface area contributed by atoms with Crippen LogP contribution in [0.15, 0.2) is 0 Å². The van der Waals surface area contributed by atoms with E-state index in [1.54, 1.807) is 0 Å². The third-order valence-electron chi connectivity index (χ3n) is 2.32. The topological polar surface area (TPSA) is 66.6 Å². The summed E-state index contributed by atoms with van der Waals surface area (Å²) in [5.41, 5.74) is 5.72. The quantitative estimate of drug-likeness (QED) is 0.657. The Morgan fingerprint density at radius 1 is 1.69 bits per heavy atom. The minimum absolute atomic E-state index is 0.0276. The normalized spacial score (nSPS) is 29.8. The predicted molar refractivity (Wildman–Crippen MR) is 50.4 cm³/mol. The van der Waals surface area contributed by atoms with E-state index >= 15 is 0 Å². The summed E-state index contributed by atoms with van der Waals surface area (Å²) in [6.07, 6.45) is 0.585. The number of aliphatic carboxylic acids is 1. The summed E-state index contributed by atoms with van der Waals surface area (Å²) >= 11 is 0. The molecule has 4 nitrogen and oxygen atoms in total. The smallest absolute Gasteiger partial charge is 0.320 e. The Balaban J connectivity index is 2.55. The van der Waals surface area contributed by atoms with Gasteiger partial charge in [0, 0.05) is 19.1 Å². The van der Waals surface area contributed by atoms with E-state index in [4.69, 9.17) is 10.8 Å². The van der Waals surface area contributed by atoms with Crippen LogP contribution in [0.3, 0.4) is 0 Å². The molecule has 13 heavy (non-hydrogen) atoms. The number of carboxylic acids is 1. The molecule has 1 saturated heterocycles. The molecule has 0 radical (unpaired) electrons. The molecule has 0 aromatic carbocycles. The molecule has 0 amide bonds. The number of rotatable bonds is 3. The largest absolute Gasteiger partial charge is 0.480 e. The van der Waals surface area contributed by atoms with Crippen molar-refractivity contribution >= 4 is 5.97 Å². The number of carboxylic acid groups (broad SMARTS) is 1. The standard InChI is InChI=1S/C9H18N2O2/c1-6(2)4-11-5-7(10)3-8(11)9(12)13/h6-8H,3-5,10H2,1-2H3,(H,12,13)/t7-,8-/m0/s1. The van der Waals surface area contributed by atoms with E-state index in [2.05, 4.69) is 13.8 Å². The van der Waals surface area contributed by atoms with Crippen molar-refractivity contribution in [2.45, 2.75) is 32.4 Å². The van der Waals surface area contributed by atoms with Gasteiger partial charge in [0.2, 0.25) is 0 Å². The molecule has 0 unspecified atom stereocenters. The fourth-order valence-electron chi connectivity index (χ4n) is 1.87. The van der Waals surface area contributed by atoms with Crippen molar-refractivity contribution in [2.75, 3.05) is 13.1 Å². The molecule has 1 aliphatic heterocycles. The minimum atomic E-state index is -0.742. The van der Waals surface area contributed by atoms with Crippen molar-refractivity contribution < 1.29 is 9.90 Å². The van der Waals surface area contributed by atoms with Gasteiger partial charge in [-0.3, -0.25) is 9.69 Å². The highest BCUT2D eigenvalue weighted by molar-refractivity contribution is 5.74. The fourth-order valence-corrected chi connectivity index (χ4v) is 1.87. The maximum atomic E-state index is 10.8. The maximum Gasteiger partial charge on any atom is 0.320 e. The Hall–Kier alpha value is -0.610. The summed E-state index contributed by atoms with van der Waals surface area (Å²) in [6, 6.07) is -0.336. The Morgan fingerprint density at radius 2 is 2.31 bits per heavy atom. The molecular weight excluding hydrogens is 168 g/mol. The van der Waals surface area contributed by atoms with Gasteiger partial charge < -0.3 is 10.8 Å². The number of hydrogen-bond acceptors (Lipinski definition) is 3. The lowest BCUT2D eigenvalue weighted by Gasteiger charge is -2.22. The first kappa shape index (κ1) is 10.5. The van der Waals surface area contributed by atoms with Gasteiger partial charge in [0.1, 0.15) is 6.04 Å². The summed E-state index contributed by atoms with van der Waals surface area (Å²) in [5, 5.41) is 8.92. The van der Waals surface area contributed by atoms with Crippen molar-refractivity contribution in [3.05, 3.63) is 0 Å². The average molecular weight is 186 g/mol. The zero-order valence-corrected chi connectivity index (χ0v) is 8.23. The van der Waals surface area contributed by atoms with Crippen LogP contribution in [-0.4, -0.2) is 41.1 Å². The third-order valence-corrected chi connectivity index (χ3v) is 2.32. The van der Waals surface area contributed by atoms with Crippen LogP contribution in [-0.2, 0) is 4.79 Å². The predicted octanol–water partition coefficient (Wildman–Crippen LogP) is 0.129. The van der Waals surface area contributed by atoms with Crippen LogP contribution < -0.4 is 5.73 Å². The van der Waals surface area contributed by atoms with Crippen LogP contribution in [0.5, 0.6) is 0 Å². The van der Waals surface area contributed by atoms with E-state index < -0.39 is 5.97 Å². The van der Waals surface area contributed by atoms with Gasteiger partial charge in [-0.25, -0.2) is 0 Å². The van der Waals surface area contributed by atoms with Crippen LogP contribution in [0.1, 0.15) is 20.3 Å². The molecule has 4 heteroatoms. The molecule has 1 aliphatic rings. The molecular formula is C9H18N2O2. The molecule has 1 heterocycles. The van der Waals surface area contributed by atoms with Gasteiger partial charge in [0.15, 0.2) is 0 Å². The SMILES string of the molecule is CC(C)CN1C[C@@H](N)C[C@H]1C(=O)O. The zero-order valence-electron chi connectivity index (χ0n) is 8.23. The maximum absolute atomic E-state index is 10.8. The minimum Gasteiger partial charge on any atom is -0.480 e. The van der Waals surface area contributed by atoms with Crippen molar-refractivity contribution in [3.63, 3.8) is 0 Å². The summed E-state index contributed by atoms with van der Waals surface area (Å²) in [4.78, 5) is 12.8. The molecule has 1 fully saturated rings. The molecule has 2 atom stereocenters. The zero-order chi connectivity index (χ0) is 10.0. The second-order valence-corrected chi connectivity index (χ2v) is 4.20. The van der Waals surface area contributed by atoms with Crippen molar-refractivity contribution in [3.8, 4) is 0 Å². The number of likely N-dealkylation sites (tertiary alicyclic amines) is 1. The lowest BCUT2D eigenvalue weighted by atomic mass is 10.1. The highest BCUT2D eigenvalue weighted by Gasteiger charge is 2.34. The van der Waals surface area contributed by atoms with E-state index in [-0.39, 0.29) is 12.1 Å². The summed E-state index contributed by atoms with van der Waals surface area (Å²) in [6.45, 7) is 5.71. The first-order valence-corrected chi connectivity index (χ1v) is 4.73. The fraction of sp³-hybridized carbons (Fsp3) is 0.889. The lowest BCUT2D eigenvalue weighted by Crippen LogP contribution is -2.38. The van der Waals surface area contributed by atoms with Crippen LogP contribution in [0, 0.1) is 5.92 Å². The van der Waals surface area contributed by atoms with Gasteiger partial charge in [-0.15, -0.1) is 0 Å². The van der Waals surface area contributed by atoms with Crippen molar-refractivity contribution in [2.24, 2.45) is 11.7 Å². The number of nitrogens with zero attached hydrogens (tertiary/aromatic N) is 1. The van der Waals surface area contributed by atoms with E-state index in [9.17, 15) is 4.79 Å². The number of hydrogen-bond donors (Lipinski definition) is 2. The monoisotopic (exact) mass is 186 g/mol. The number of carbonyl (C=O) groups is 1. The summed E-state index contributed by atoms with van der Waals surface area (Å²) < 4.78 is 0. The van der Waals surface area contributed by atoms with E-state index in [1.165, 1.54) is 0 Å². The molecule has 0 aliphatic carbocycles. The van der Waals surface area contributed by atoms with E-state index in [1.807, 2.05) is 4.90 Å². The second-order valence-electron chi connectivity index (χ2n) is 4.20. The molecule has 0 aromatic heterocycles. The van der Waals surface area contributed by atoms with Crippen LogP contribution >= 0.6 is 0 Å². The Kier molecular flexibility index (Phi) is 3.27. The van der Waals surface area contributed by atoms with Crippen molar-refractivity contribution in [1.82, 2.24) is 4.90 Å². The summed E-state index contributed by atoms with van der Waals surface area (Å²) in [5.74, 6) is -0.249. The van der Waals surface area contributed by atoms with Gasteiger partial charge in [-0.1, -0.05) is 13.8 Å². The van der Waals surface area contributed by atoms with Gasteiger partial charge in [0.25, 0.3) is 0 Å². The summed E-state index contributed by atoms with van der Waals surface area (Å²) in [7, 11) is 0. The average Bonchev–Trinajstić information content (AvgIpc) is 2.29. The molecule has 0 bridgehead atoms. The van der Waals surface area contributed by atoms with Crippen LogP contribution in [0.2, 0.25) is 0 Å². The Bertz CT molecular complexity index is 194. The van der Waals surface area contributed by atoms with Crippen molar-refractivity contribution in [1.29, 1.82) is 0 Å². The highest BCUT2D eigenvalue weighted by Crippen LogP contribution is 2.17.